The lowest BCUT2D eigenvalue weighted by atomic mass is 9.72. The van der Waals surface area contributed by atoms with Gasteiger partial charge in [-0.2, -0.15) is 0 Å². The van der Waals surface area contributed by atoms with Crippen LogP contribution in [0.2, 0.25) is 0 Å². The maximum atomic E-state index is 12.0. The number of anilines is 1. The van der Waals surface area contributed by atoms with Crippen LogP contribution in [0.3, 0.4) is 0 Å². The minimum atomic E-state index is -2.92. The van der Waals surface area contributed by atoms with Crippen LogP contribution < -0.4 is 9.64 Å². The quantitative estimate of drug-likeness (QED) is 0.423. The SMILES string of the molecule is CCCCC(CC)COc1ccc(C(C)(C)CC(C)(C)C)cc1N1CCS(=O)(=O)CC1. The number of hydrogen-bond donors (Lipinski definition) is 0. The molecule has 4 nitrogen and oxygen atoms in total. The first-order chi connectivity index (χ1) is 14.4. The van der Waals surface area contributed by atoms with E-state index in [1.165, 1.54) is 24.8 Å². The van der Waals surface area contributed by atoms with E-state index in [1.807, 2.05) is 0 Å². The molecule has 1 aliphatic rings. The van der Waals surface area contributed by atoms with E-state index in [4.69, 9.17) is 4.74 Å². The smallest absolute Gasteiger partial charge is 0.153 e. The van der Waals surface area contributed by atoms with Crippen molar-refractivity contribution < 1.29 is 13.2 Å². The molecular weight excluding hydrogens is 406 g/mol. The molecule has 0 amide bonds. The molecule has 0 aromatic heterocycles. The molecule has 0 saturated carbocycles. The van der Waals surface area contributed by atoms with Gasteiger partial charge in [0, 0.05) is 13.1 Å². The Balaban J connectivity index is 2.31. The van der Waals surface area contributed by atoms with Gasteiger partial charge in [-0.15, -0.1) is 0 Å². The van der Waals surface area contributed by atoms with Gasteiger partial charge in [0.15, 0.2) is 9.84 Å². The molecule has 1 aromatic rings. The number of nitrogens with zero attached hydrogens (tertiary/aromatic N) is 1. The number of sulfone groups is 1. The standard InChI is InChI=1S/C26H45NO3S/c1-8-10-11-21(9-2)19-30-24-13-12-22(26(6,7)20-25(3,4)5)18-23(24)27-14-16-31(28,29)17-15-27/h12-13,18,21H,8-11,14-17,19-20H2,1-7H3. The van der Waals surface area contributed by atoms with Gasteiger partial charge >= 0.3 is 0 Å². The molecule has 2 rings (SSSR count). The molecule has 1 aromatic carbocycles. The molecule has 1 unspecified atom stereocenters. The highest BCUT2D eigenvalue weighted by Gasteiger charge is 2.30. The Morgan fingerprint density at radius 3 is 2.26 bits per heavy atom. The Morgan fingerprint density at radius 1 is 1.06 bits per heavy atom. The molecule has 178 valence electrons. The molecule has 31 heavy (non-hydrogen) atoms. The van der Waals surface area contributed by atoms with Gasteiger partial charge < -0.3 is 9.64 Å². The van der Waals surface area contributed by atoms with E-state index in [0.717, 1.165) is 30.9 Å². The average molecular weight is 452 g/mol. The van der Waals surface area contributed by atoms with E-state index in [9.17, 15) is 8.42 Å². The fraction of sp³-hybridized carbons (Fsp3) is 0.769. The Labute approximate surface area is 191 Å². The van der Waals surface area contributed by atoms with E-state index in [-0.39, 0.29) is 22.3 Å². The summed E-state index contributed by atoms with van der Waals surface area (Å²) in [6.07, 6.45) is 5.83. The summed E-state index contributed by atoms with van der Waals surface area (Å²) in [7, 11) is -2.92. The largest absolute Gasteiger partial charge is 0.491 e. The van der Waals surface area contributed by atoms with E-state index in [0.29, 0.717) is 19.0 Å². The van der Waals surface area contributed by atoms with Crippen LogP contribution in [-0.4, -0.2) is 39.6 Å². The molecule has 5 heteroatoms. The summed E-state index contributed by atoms with van der Waals surface area (Å²) in [6, 6.07) is 6.58. The zero-order valence-electron chi connectivity index (χ0n) is 21.0. The zero-order chi connectivity index (χ0) is 23.3. The van der Waals surface area contributed by atoms with Crippen LogP contribution in [0.5, 0.6) is 5.75 Å². The van der Waals surface area contributed by atoms with E-state index in [2.05, 4.69) is 71.6 Å². The van der Waals surface area contributed by atoms with Crippen molar-refractivity contribution in [2.75, 3.05) is 36.1 Å². The van der Waals surface area contributed by atoms with Crippen LogP contribution in [0.4, 0.5) is 5.69 Å². The summed E-state index contributed by atoms with van der Waals surface area (Å²) < 4.78 is 30.4. The summed E-state index contributed by atoms with van der Waals surface area (Å²) in [4.78, 5) is 2.21. The van der Waals surface area contributed by atoms with Crippen LogP contribution in [-0.2, 0) is 15.3 Å². The van der Waals surface area contributed by atoms with Crippen molar-refractivity contribution in [3.63, 3.8) is 0 Å². The first-order valence-electron chi connectivity index (χ1n) is 12.1. The van der Waals surface area contributed by atoms with Gasteiger partial charge in [-0.25, -0.2) is 8.42 Å². The van der Waals surface area contributed by atoms with Gasteiger partial charge in [0.2, 0.25) is 0 Å². The minimum Gasteiger partial charge on any atom is -0.491 e. The average Bonchev–Trinajstić information content (AvgIpc) is 2.66. The van der Waals surface area contributed by atoms with Crippen LogP contribution in [0.1, 0.15) is 86.1 Å². The van der Waals surface area contributed by atoms with Crippen LogP contribution in [0, 0.1) is 11.3 Å². The molecule has 1 atom stereocenters. The summed E-state index contributed by atoms with van der Waals surface area (Å²) in [6.45, 7) is 17.7. The molecule has 0 radical (unpaired) electrons. The maximum Gasteiger partial charge on any atom is 0.153 e. The summed E-state index contributed by atoms with van der Waals surface area (Å²) >= 11 is 0. The topological polar surface area (TPSA) is 46.6 Å². The molecule has 1 aliphatic heterocycles. The molecule has 1 fully saturated rings. The first kappa shape index (κ1) is 26.0. The van der Waals surface area contributed by atoms with Crippen LogP contribution in [0.15, 0.2) is 18.2 Å². The number of hydrogen-bond acceptors (Lipinski definition) is 4. The van der Waals surface area contributed by atoms with E-state index < -0.39 is 9.84 Å². The van der Waals surface area contributed by atoms with E-state index in [1.54, 1.807) is 0 Å². The predicted molar refractivity (Wildman–Crippen MR) is 133 cm³/mol. The Bertz CT molecular complexity index is 794. The third-order valence-corrected chi connectivity index (χ3v) is 8.02. The van der Waals surface area contributed by atoms with Gasteiger partial charge in [0.1, 0.15) is 5.75 Å². The molecule has 1 heterocycles. The predicted octanol–water partition coefficient (Wildman–Crippen LogP) is 6.23. The molecule has 0 N–H and O–H groups in total. The number of benzene rings is 1. The highest BCUT2D eigenvalue weighted by atomic mass is 32.2. The van der Waals surface area contributed by atoms with E-state index >= 15 is 0 Å². The Morgan fingerprint density at radius 2 is 1.71 bits per heavy atom. The van der Waals surface area contributed by atoms with Crippen molar-refractivity contribution in [3.8, 4) is 5.75 Å². The van der Waals surface area contributed by atoms with Crippen molar-refractivity contribution in [2.45, 2.75) is 86.0 Å². The summed E-state index contributed by atoms with van der Waals surface area (Å²) in [5.74, 6) is 1.89. The molecule has 0 bridgehead atoms. The highest BCUT2D eigenvalue weighted by Crippen LogP contribution is 2.40. The van der Waals surface area contributed by atoms with Crippen molar-refractivity contribution in [1.29, 1.82) is 0 Å². The minimum absolute atomic E-state index is 0.0282. The van der Waals surface area contributed by atoms with Crippen molar-refractivity contribution in [3.05, 3.63) is 23.8 Å². The third-order valence-electron chi connectivity index (χ3n) is 6.42. The zero-order valence-corrected chi connectivity index (χ0v) is 21.8. The number of rotatable bonds is 10. The van der Waals surface area contributed by atoms with Gasteiger partial charge in [0.25, 0.3) is 0 Å². The second kappa shape index (κ2) is 10.6. The fourth-order valence-electron chi connectivity index (χ4n) is 4.79. The van der Waals surface area contributed by atoms with Crippen LogP contribution >= 0.6 is 0 Å². The van der Waals surface area contributed by atoms with Crippen molar-refractivity contribution in [1.82, 2.24) is 0 Å². The molecule has 1 saturated heterocycles. The van der Waals surface area contributed by atoms with Gasteiger partial charge in [-0.05, 0) is 47.3 Å². The second-order valence-electron chi connectivity index (χ2n) is 11.2. The summed E-state index contributed by atoms with van der Waals surface area (Å²) in [5, 5.41) is 0. The molecule has 0 spiro atoms. The monoisotopic (exact) mass is 451 g/mol. The number of ether oxygens (including phenoxy) is 1. The lowest BCUT2D eigenvalue weighted by Gasteiger charge is -2.35. The van der Waals surface area contributed by atoms with Crippen LogP contribution in [0.25, 0.3) is 0 Å². The van der Waals surface area contributed by atoms with Gasteiger partial charge in [0.05, 0.1) is 23.8 Å². The van der Waals surface area contributed by atoms with Gasteiger partial charge in [-0.3, -0.25) is 0 Å². The number of unbranched alkanes of at least 4 members (excludes halogenated alkanes) is 1. The van der Waals surface area contributed by atoms with Crippen molar-refractivity contribution >= 4 is 15.5 Å². The molecular formula is C26H45NO3S. The maximum absolute atomic E-state index is 12.0. The lowest BCUT2D eigenvalue weighted by molar-refractivity contribution is 0.233. The molecule has 0 aliphatic carbocycles. The highest BCUT2D eigenvalue weighted by molar-refractivity contribution is 7.91. The normalized spacial score (nSPS) is 18.1. The third kappa shape index (κ3) is 8.00. The van der Waals surface area contributed by atoms with Crippen molar-refractivity contribution in [2.24, 2.45) is 11.3 Å². The fourth-order valence-corrected chi connectivity index (χ4v) is 6.00. The Hall–Kier alpha value is -1.23. The summed E-state index contributed by atoms with van der Waals surface area (Å²) in [5.41, 5.74) is 2.60. The Kier molecular flexibility index (Phi) is 8.89. The lowest BCUT2D eigenvalue weighted by Crippen LogP contribution is -2.40. The second-order valence-corrected chi connectivity index (χ2v) is 13.5. The first-order valence-corrected chi connectivity index (χ1v) is 13.9. The van der Waals surface area contributed by atoms with Gasteiger partial charge in [-0.1, -0.05) is 73.8 Å².